The third kappa shape index (κ3) is 3.45. The normalized spacial score (nSPS) is 26.3. The zero-order valence-corrected chi connectivity index (χ0v) is 12.7. The summed E-state index contributed by atoms with van der Waals surface area (Å²) in [6, 6.07) is 10.4. The second-order valence-electron chi connectivity index (χ2n) is 5.02. The van der Waals surface area contributed by atoms with Crippen LogP contribution in [0.25, 0.3) is 0 Å². The lowest BCUT2D eigenvalue weighted by Gasteiger charge is -2.28. The van der Waals surface area contributed by atoms with Gasteiger partial charge in [0.1, 0.15) is 5.54 Å². The first kappa shape index (κ1) is 14.7. The minimum Gasteiger partial charge on any atom is -0.302 e. The van der Waals surface area contributed by atoms with Crippen molar-refractivity contribution in [3.63, 3.8) is 0 Å². The van der Waals surface area contributed by atoms with Crippen LogP contribution in [0.4, 0.5) is 0 Å². The van der Waals surface area contributed by atoms with Gasteiger partial charge >= 0.3 is 0 Å². The lowest BCUT2D eigenvalue weighted by molar-refractivity contribution is 0.332. The van der Waals surface area contributed by atoms with Crippen LogP contribution in [0.2, 0.25) is 5.02 Å². The van der Waals surface area contributed by atoms with Crippen LogP contribution in [0.3, 0.4) is 0 Å². The standard InChI is InChI=1S/C15H19ClN2S/c1-18-15(11-17)8-3-4-12(15)7-9-19-14-6-2-5-13(16)10-14/h2,5-6,10,12,18H,3-4,7-9H2,1H3. The zero-order chi connectivity index (χ0) is 13.7. The summed E-state index contributed by atoms with van der Waals surface area (Å²) in [5.41, 5.74) is -0.297. The number of benzene rings is 1. The Morgan fingerprint density at radius 3 is 3.11 bits per heavy atom. The van der Waals surface area contributed by atoms with Gasteiger partial charge in [-0.1, -0.05) is 24.1 Å². The molecule has 1 aliphatic rings. The maximum atomic E-state index is 9.40. The quantitative estimate of drug-likeness (QED) is 0.830. The molecule has 2 atom stereocenters. The Bertz CT molecular complexity index is 471. The highest BCUT2D eigenvalue weighted by atomic mass is 35.5. The predicted molar refractivity (Wildman–Crippen MR) is 81.5 cm³/mol. The number of hydrogen-bond acceptors (Lipinski definition) is 3. The van der Waals surface area contributed by atoms with Crippen LogP contribution in [-0.2, 0) is 0 Å². The first-order chi connectivity index (χ1) is 9.20. The van der Waals surface area contributed by atoms with Crippen molar-refractivity contribution >= 4 is 23.4 Å². The van der Waals surface area contributed by atoms with E-state index >= 15 is 0 Å². The minimum atomic E-state index is -0.297. The number of nitrogens with zero attached hydrogens (tertiary/aromatic N) is 1. The third-order valence-corrected chi connectivity index (χ3v) is 5.26. The van der Waals surface area contributed by atoms with E-state index in [0.29, 0.717) is 5.92 Å². The van der Waals surface area contributed by atoms with Gasteiger partial charge in [0, 0.05) is 9.92 Å². The van der Waals surface area contributed by atoms with Crippen LogP contribution in [-0.4, -0.2) is 18.3 Å². The molecule has 1 aliphatic carbocycles. The van der Waals surface area contributed by atoms with Gasteiger partial charge in [-0.3, -0.25) is 0 Å². The van der Waals surface area contributed by atoms with E-state index in [-0.39, 0.29) is 5.54 Å². The fraction of sp³-hybridized carbons (Fsp3) is 0.533. The number of nitriles is 1. The fourth-order valence-electron chi connectivity index (χ4n) is 2.88. The van der Waals surface area contributed by atoms with Gasteiger partial charge in [0.15, 0.2) is 0 Å². The van der Waals surface area contributed by atoms with Crippen LogP contribution < -0.4 is 5.32 Å². The largest absolute Gasteiger partial charge is 0.302 e. The van der Waals surface area contributed by atoms with E-state index in [1.165, 1.54) is 4.90 Å². The van der Waals surface area contributed by atoms with Crippen molar-refractivity contribution in [3.05, 3.63) is 29.3 Å². The van der Waals surface area contributed by atoms with Gasteiger partial charge in [0.05, 0.1) is 6.07 Å². The number of thioether (sulfide) groups is 1. The van der Waals surface area contributed by atoms with E-state index in [9.17, 15) is 5.26 Å². The van der Waals surface area contributed by atoms with Crippen LogP contribution in [0.5, 0.6) is 0 Å². The lowest BCUT2D eigenvalue weighted by atomic mass is 9.87. The summed E-state index contributed by atoms with van der Waals surface area (Å²) in [5.74, 6) is 1.50. The summed E-state index contributed by atoms with van der Waals surface area (Å²) in [5, 5.41) is 13.4. The molecule has 0 aromatic heterocycles. The Labute approximate surface area is 124 Å². The molecule has 1 saturated carbocycles. The summed E-state index contributed by atoms with van der Waals surface area (Å²) in [4.78, 5) is 1.21. The molecule has 0 amide bonds. The Morgan fingerprint density at radius 1 is 1.58 bits per heavy atom. The molecule has 2 unspecified atom stereocenters. The summed E-state index contributed by atoms with van der Waals surface area (Å²) >= 11 is 7.80. The van der Waals surface area contributed by atoms with Gasteiger partial charge in [-0.15, -0.1) is 11.8 Å². The molecule has 2 nitrogen and oxygen atoms in total. The molecule has 4 heteroatoms. The monoisotopic (exact) mass is 294 g/mol. The van der Waals surface area contributed by atoms with Gasteiger partial charge in [0.2, 0.25) is 0 Å². The van der Waals surface area contributed by atoms with Crippen molar-refractivity contribution in [1.82, 2.24) is 5.32 Å². The van der Waals surface area contributed by atoms with Gasteiger partial charge in [-0.25, -0.2) is 0 Å². The average Bonchev–Trinajstić information content (AvgIpc) is 2.82. The Balaban J connectivity index is 1.87. The predicted octanol–water partition coefficient (Wildman–Crippen LogP) is 4.10. The first-order valence-corrected chi connectivity index (χ1v) is 8.05. The van der Waals surface area contributed by atoms with Gasteiger partial charge in [-0.2, -0.15) is 5.26 Å². The smallest absolute Gasteiger partial charge is 0.109 e. The highest BCUT2D eigenvalue weighted by molar-refractivity contribution is 7.99. The molecule has 0 bridgehead atoms. The molecule has 0 saturated heterocycles. The van der Waals surface area contributed by atoms with Gasteiger partial charge in [-0.05, 0) is 56.2 Å². The molecule has 2 rings (SSSR count). The van der Waals surface area contributed by atoms with Crippen LogP contribution >= 0.6 is 23.4 Å². The van der Waals surface area contributed by atoms with Gasteiger partial charge < -0.3 is 5.32 Å². The second-order valence-corrected chi connectivity index (χ2v) is 6.62. The van der Waals surface area contributed by atoms with Gasteiger partial charge in [0.25, 0.3) is 0 Å². The number of hydrogen-bond donors (Lipinski definition) is 1. The maximum Gasteiger partial charge on any atom is 0.109 e. The van der Waals surface area contributed by atoms with Crippen molar-refractivity contribution in [2.75, 3.05) is 12.8 Å². The molecule has 102 valence electrons. The van der Waals surface area contributed by atoms with E-state index in [0.717, 1.165) is 36.5 Å². The molecule has 1 aromatic rings. The van der Waals surface area contributed by atoms with E-state index in [4.69, 9.17) is 11.6 Å². The summed E-state index contributed by atoms with van der Waals surface area (Å²) in [7, 11) is 1.91. The van der Waals surface area contributed by atoms with E-state index in [2.05, 4.69) is 17.5 Å². The Morgan fingerprint density at radius 2 is 2.42 bits per heavy atom. The minimum absolute atomic E-state index is 0.297. The molecule has 0 radical (unpaired) electrons. The molecule has 0 spiro atoms. The molecule has 1 aromatic carbocycles. The van der Waals surface area contributed by atoms with Crippen molar-refractivity contribution in [1.29, 1.82) is 5.26 Å². The molecular formula is C15H19ClN2S. The SMILES string of the molecule is CNC1(C#N)CCCC1CCSc1cccc(Cl)c1. The molecular weight excluding hydrogens is 276 g/mol. The first-order valence-electron chi connectivity index (χ1n) is 6.69. The average molecular weight is 295 g/mol. The summed E-state index contributed by atoms with van der Waals surface area (Å²) in [6.07, 6.45) is 4.36. The summed E-state index contributed by atoms with van der Waals surface area (Å²) < 4.78 is 0. The summed E-state index contributed by atoms with van der Waals surface area (Å²) in [6.45, 7) is 0. The second kappa shape index (κ2) is 6.65. The van der Waals surface area contributed by atoms with E-state index < -0.39 is 0 Å². The van der Waals surface area contributed by atoms with Crippen molar-refractivity contribution in [2.24, 2.45) is 5.92 Å². The van der Waals surface area contributed by atoms with E-state index in [1.54, 1.807) is 0 Å². The van der Waals surface area contributed by atoms with E-state index in [1.807, 2.05) is 37.0 Å². The topological polar surface area (TPSA) is 35.8 Å². The zero-order valence-electron chi connectivity index (χ0n) is 11.2. The highest BCUT2D eigenvalue weighted by Crippen LogP contribution is 2.38. The molecule has 0 aliphatic heterocycles. The third-order valence-electron chi connectivity index (χ3n) is 4.00. The maximum absolute atomic E-state index is 9.40. The molecule has 1 fully saturated rings. The van der Waals surface area contributed by atoms with Crippen molar-refractivity contribution in [2.45, 2.75) is 36.1 Å². The van der Waals surface area contributed by atoms with Crippen molar-refractivity contribution in [3.8, 4) is 6.07 Å². The van der Waals surface area contributed by atoms with Crippen molar-refractivity contribution < 1.29 is 0 Å². The van der Waals surface area contributed by atoms with Crippen LogP contribution in [0, 0.1) is 17.2 Å². The highest BCUT2D eigenvalue weighted by Gasteiger charge is 2.41. The molecule has 1 N–H and O–H groups in total. The Kier molecular flexibility index (Phi) is 5.15. The molecule has 0 heterocycles. The fourth-order valence-corrected chi connectivity index (χ4v) is 4.15. The lowest BCUT2D eigenvalue weighted by Crippen LogP contribution is -2.44. The van der Waals surface area contributed by atoms with Crippen LogP contribution in [0.1, 0.15) is 25.7 Å². The number of rotatable bonds is 5. The van der Waals surface area contributed by atoms with Crippen LogP contribution in [0.15, 0.2) is 29.2 Å². The number of nitrogens with one attached hydrogen (secondary N) is 1. The molecule has 19 heavy (non-hydrogen) atoms. The number of halogens is 1. The Hall–Kier alpha value is -0.690.